The van der Waals surface area contributed by atoms with Gasteiger partial charge in [0.15, 0.2) is 11.6 Å². The van der Waals surface area contributed by atoms with E-state index in [9.17, 15) is 13.6 Å². The van der Waals surface area contributed by atoms with Crippen molar-refractivity contribution in [1.29, 1.82) is 0 Å². The smallest absolute Gasteiger partial charge is 0.237 e. The van der Waals surface area contributed by atoms with Gasteiger partial charge in [0, 0.05) is 13.1 Å². The van der Waals surface area contributed by atoms with Crippen LogP contribution >= 0.6 is 11.6 Å². The SMILES string of the molecule is O=C(CCl)N1CC(Cc2ccc(F)c(F)c2)C1. The molecule has 1 aliphatic heterocycles. The quantitative estimate of drug-likeness (QED) is 0.762. The lowest BCUT2D eigenvalue weighted by molar-refractivity contribution is -0.134. The maximum Gasteiger partial charge on any atom is 0.237 e. The Labute approximate surface area is 103 Å². The number of benzene rings is 1. The lowest BCUT2D eigenvalue weighted by Gasteiger charge is -2.39. The molecule has 0 bridgehead atoms. The fraction of sp³-hybridized carbons (Fsp3) is 0.417. The second-order valence-electron chi connectivity index (χ2n) is 4.25. The van der Waals surface area contributed by atoms with Crippen molar-refractivity contribution in [2.75, 3.05) is 19.0 Å². The molecule has 0 aromatic heterocycles. The van der Waals surface area contributed by atoms with Crippen molar-refractivity contribution < 1.29 is 13.6 Å². The minimum absolute atomic E-state index is 0.00209. The first-order chi connectivity index (χ1) is 8.10. The number of halogens is 3. The third-order valence-corrected chi connectivity index (χ3v) is 3.16. The lowest BCUT2D eigenvalue weighted by Crippen LogP contribution is -2.51. The first kappa shape index (κ1) is 12.3. The summed E-state index contributed by atoms with van der Waals surface area (Å²) in [6.07, 6.45) is 0.656. The molecular weight excluding hydrogens is 248 g/mol. The molecule has 1 aromatic carbocycles. The summed E-state index contributed by atoms with van der Waals surface area (Å²) in [5.41, 5.74) is 0.756. The number of carbonyl (C=O) groups excluding carboxylic acids is 1. The van der Waals surface area contributed by atoms with E-state index in [-0.39, 0.29) is 11.8 Å². The van der Waals surface area contributed by atoms with E-state index in [1.807, 2.05) is 0 Å². The van der Waals surface area contributed by atoms with E-state index >= 15 is 0 Å². The van der Waals surface area contributed by atoms with Crippen molar-refractivity contribution in [2.24, 2.45) is 5.92 Å². The summed E-state index contributed by atoms with van der Waals surface area (Å²) in [6.45, 7) is 1.29. The van der Waals surface area contributed by atoms with Crippen LogP contribution in [0.4, 0.5) is 8.78 Å². The fourth-order valence-electron chi connectivity index (χ4n) is 1.99. The number of amides is 1. The normalized spacial score (nSPS) is 15.8. The van der Waals surface area contributed by atoms with Gasteiger partial charge in [-0.1, -0.05) is 6.07 Å². The molecule has 17 heavy (non-hydrogen) atoms. The fourth-order valence-corrected chi connectivity index (χ4v) is 2.16. The molecule has 0 N–H and O–H groups in total. The van der Waals surface area contributed by atoms with Crippen molar-refractivity contribution in [3.63, 3.8) is 0 Å². The molecule has 1 aromatic rings. The molecule has 5 heteroatoms. The van der Waals surface area contributed by atoms with E-state index < -0.39 is 11.6 Å². The second kappa shape index (κ2) is 5.00. The van der Waals surface area contributed by atoms with Gasteiger partial charge in [0.05, 0.1) is 0 Å². The molecule has 1 saturated heterocycles. The highest BCUT2D eigenvalue weighted by molar-refractivity contribution is 6.27. The Morgan fingerprint density at radius 3 is 2.65 bits per heavy atom. The van der Waals surface area contributed by atoms with Crippen molar-refractivity contribution in [1.82, 2.24) is 4.90 Å². The molecule has 2 nitrogen and oxygen atoms in total. The molecule has 0 spiro atoms. The van der Waals surface area contributed by atoms with Gasteiger partial charge in [0.25, 0.3) is 0 Å². The zero-order valence-electron chi connectivity index (χ0n) is 9.13. The van der Waals surface area contributed by atoms with Gasteiger partial charge in [0.1, 0.15) is 5.88 Å². The third-order valence-electron chi connectivity index (χ3n) is 2.93. The van der Waals surface area contributed by atoms with Crippen LogP contribution in [0, 0.1) is 17.6 Å². The molecule has 0 radical (unpaired) electrons. The maximum absolute atomic E-state index is 13.0. The van der Waals surface area contributed by atoms with Crippen molar-refractivity contribution in [2.45, 2.75) is 6.42 Å². The van der Waals surface area contributed by atoms with Crippen molar-refractivity contribution in [3.05, 3.63) is 35.4 Å². The molecule has 2 rings (SSSR count). The molecule has 1 amide bonds. The van der Waals surface area contributed by atoms with Crippen molar-refractivity contribution >= 4 is 17.5 Å². The van der Waals surface area contributed by atoms with E-state index in [1.165, 1.54) is 6.07 Å². The summed E-state index contributed by atoms with van der Waals surface area (Å²) < 4.78 is 25.7. The second-order valence-corrected chi connectivity index (χ2v) is 4.52. The Morgan fingerprint density at radius 1 is 1.35 bits per heavy atom. The van der Waals surface area contributed by atoms with E-state index in [0.717, 1.165) is 11.6 Å². The van der Waals surface area contributed by atoms with E-state index in [4.69, 9.17) is 11.6 Å². The highest BCUT2D eigenvalue weighted by Crippen LogP contribution is 2.21. The monoisotopic (exact) mass is 259 g/mol. The predicted octanol–water partition coefficient (Wildman–Crippen LogP) is 2.20. The van der Waals surface area contributed by atoms with Gasteiger partial charge >= 0.3 is 0 Å². The number of rotatable bonds is 3. The topological polar surface area (TPSA) is 20.3 Å². The highest BCUT2D eigenvalue weighted by atomic mass is 35.5. The van der Waals surface area contributed by atoms with Crippen LogP contribution in [0.3, 0.4) is 0 Å². The average Bonchev–Trinajstić information content (AvgIpc) is 2.26. The summed E-state index contributed by atoms with van der Waals surface area (Å²) in [6, 6.07) is 3.91. The zero-order valence-corrected chi connectivity index (χ0v) is 9.88. The van der Waals surface area contributed by atoms with Gasteiger partial charge in [-0.05, 0) is 30.0 Å². The highest BCUT2D eigenvalue weighted by Gasteiger charge is 2.29. The first-order valence-corrected chi connectivity index (χ1v) is 5.91. The molecule has 1 fully saturated rings. The van der Waals surface area contributed by atoms with Crippen LogP contribution in [-0.2, 0) is 11.2 Å². The van der Waals surface area contributed by atoms with E-state index in [2.05, 4.69) is 0 Å². The summed E-state index contributed by atoms with van der Waals surface area (Å²) in [5, 5.41) is 0. The van der Waals surface area contributed by atoms with Gasteiger partial charge in [-0.15, -0.1) is 11.6 Å². The largest absolute Gasteiger partial charge is 0.341 e. The van der Waals surface area contributed by atoms with Crippen LogP contribution in [0.1, 0.15) is 5.56 Å². The predicted molar refractivity (Wildman–Crippen MR) is 60.9 cm³/mol. The Bertz CT molecular complexity index is 433. The summed E-state index contributed by atoms with van der Waals surface area (Å²) >= 11 is 5.42. The molecule has 92 valence electrons. The molecule has 1 aliphatic rings. The van der Waals surface area contributed by atoms with Crippen LogP contribution in [0.2, 0.25) is 0 Å². The van der Waals surface area contributed by atoms with Crippen LogP contribution in [0.15, 0.2) is 18.2 Å². The average molecular weight is 260 g/mol. The Morgan fingerprint density at radius 2 is 2.06 bits per heavy atom. The third kappa shape index (κ3) is 2.75. The summed E-state index contributed by atoms with van der Waals surface area (Å²) in [7, 11) is 0. The minimum Gasteiger partial charge on any atom is -0.341 e. The van der Waals surface area contributed by atoms with Gasteiger partial charge in [-0.3, -0.25) is 4.79 Å². The van der Waals surface area contributed by atoms with Crippen molar-refractivity contribution in [3.8, 4) is 0 Å². The number of hydrogen-bond acceptors (Lipinski definition) is 1. The molecule has 1 heterocycles. The van der Waals surface area contributed by atoms with E-state index in [0.29, 0.717) is 25.4 Å². The zero-order chi connectivity index (χ0) is 12.4. The summed E-state index contributed by atoms with van der Waals surface area (Å²) in [5.74, 6) is -1.42. The van der Waals surface area contributed by atoms with Gasteiger partial charge in [-0.25, -0.2) is 8.78 Å². The molecule has 0 unspecified atom stereocenters. The van der Waals surface area contributed by atoms with Crippen LogP contribution in [0.5, 0.6) is 0 Å². The summed E-state index contributed by atoms with van der Waals surface area (Å²) in [4.78, 5) is 12.8. The number of alkyl halides is 1. The van der Waals surface area contributed by atoms with Gasteiger partial charge in [-0.2, -0.15) is 0 Å². The standard InChI is InChI=1S/C12H12ClF2NO/c13-5-12(17)16-6-9(7-16)3-8-1-2-10(14)11(15)4-8/h1-2,4,9H,3,5-7H2. The van der Waals surface area contributed by atoms with Crippen LogP contribution < -0.4 is 0 Å². The number of nitrogens with zero attached hydrogens (tertiary/aromatic N) is 1. The number of likely N-dealkylation sites (tertiary alicyclic amines) is 1. The molecule has 0 saturated carbocycles. The molecule has 0 aliphatic carbocycles. The minimum atomic E-state index is -0.832. The lowest BCUT2D eigenvalue weighted by atomic mass is 9.92. The van der Waals surface area contributed by atoms with Crippen LogP contribution in [-0.4, -0.2) is 29.8 Å². The van der Waals surface area contributed by atoms with E-state index in [1.54, 1.807) is 11.0 Å². The Balaban J connectivity index is 1.87. The number of carbonyl (C=O) groups is 1. The van der Waals surface area contributed by atoms with Gasteiger partial charge < -0.3 is 4.90 Å². The maximum atomic E-state index is 13.0. The molecule has 0 atom stereocenters. The molecular formula is C12H12ClF2NO. The first-order valence-electron chi connectivity index (χ1n) is 5.38. The number of hydrogen-bond donors (Lipinski definition) is 0. The van der Waals surface area contributed by atoms with Crippen LogP contribution in [0.25, 0.3) is 0 Å². The Kier molecular flexibility index (Phi) is 3.62. The van der Waals surface area contributed by atoms with Gasteiger partial charge in [0.2, 0.25) is 5.91 Å². The Hall–Kier alpha value is -1.16.